The summed E-state index contributed by atoms with van der Waals surface area (Å²) in [6.45, 7) is 1.75. The summed E-state index contributed by atoms with van der Waals surface area (Å²) >= 11 is 0. The topological polar surface area (TPSA) is 64.3 Å². The summed E-state index contributed by atoms with van der Waals surface area (Å²) in [6.07, 6.45) is 0. The number of carboxylic acids is 1. The Bertz CT molecular complexity index is 442. The molecule has 17 heavy (non-hydrogen) atoms. The number of aliphatic carboxylic acids is 1. The van der Waals surface area contributed by atoms with Crippen LogP contribution in [-0.2, 0) is 4.79 Å². The molecule has 0 heterocycles. The monoisotopic (exact) mass is 236 g/mol. The molecule has 1 rings (SSSR count). The van der Waals surface area contributed by atoms with Crippen LogP contribution in [0.3, 0.4) is 0 Å². The summed E-state index contributed by atoms with van der Waals surface area (Å²) in [5.74, 6) is -1.97. The second-order valence-corrected chi connectivity index (χ2v) is 3.76. The lowest BCUT2D eigenvalue weighted by molar-refractivity contribution is -0.140. The van der Waals surface area contributed by atoms with Gasteiger partial charge in [0.05, 0.1) is 12.0 Å². The van der Waals surface area contributed by atoms with Crippen LogP contribution >= 0.6 is 0 Å². The fourth-order valence-electron chi connectivity index (χ4n) is 1.43. The number of halogens is 1. The van der Waals surface area contributed by atoms with Crippen molar-refractivity contribution in [2.24, 2.45) is 5.92 Å². The van der Waals surface area contributed by atoms with E-state index in [1.54, 1.807) is 17.9 Å². The van der Waals surface area contributed by atoms with Crippen molar-refractivity contribution in [1.82, 2.24) is 0 Å². The van der Waals surface area contributed by atoms with Crippen molar-refractivity contribution in [2.75, 3.05) is 18.0 Å². The maximum Gasteiger partial charge on any atom is 0.308 e. The van der Waals surface area contributed by atoms with Gasteiger partial charge in [-0.05, 0) is 18.2 Å². The zero-order valence-corrected chi connectivity index (χ0v) is 9.43. The van der Waals surface area contributed by atoms with Gasteiger partial charge in [-0.2, -0.15) is 5.26 Å². The Balaban J connectivity index is 2.86. The van der Waals surface area contributed by atoms with Gasteiger partial charge in [0, 0.05) is 12.2 Å². The molecule has 0 spiro atoms. The standard InChI is InChI=1S/C12H13FN2O2/c1-9(12(16)17)8-15(6-5-14)11-4-2-3-10(13)7-11/h2-4,7,9H,6,8H2,1H3,(H,16,17). The van der Waals surface area contributed by atoms with E-state index in [1.165, 1.54) is 18.2 Å². The minimum Gasteiger partial charge on any atom is -0.481 e. The highest BCUT2D eigenvalue weighted by Crippen LogP contribution is 2.16. The van der Waals surface area contributed by atoms with Crippen LogP contribution in [0.5, 0.6) is 0 Å². The van der Waals surface area contributed by atoms with E-state index in [0.29, 0.717) is 5.69 Å². The number of nitriles is 1. The van der Waals surface area contributed by atoms with E-state index in [0.717, 1.165) is 0 Å². The molecule has 0 aliphatic rings. The fraction of sp³-hybridized carbons (Fsp3) is 0.333. The van der Waals surface area contributed by atoms with Crippen molar-refractivity contribution in [3.8, 4) is 6.07 Å². The molecular weight excluding hydrogens is 223 g/mol. The minimum absolute atomic E-state index is 0.0288. The van der Waals surface area contributed by atoms with Gasteiger partial charge in [-0.15, -0.1) is 0 Å². The summed E-state index contributed by atoms with van der Waals surface area (Å²) in [4.78, 5) is 12.3. The third-order valence-corrected chi connectivity index (χ3v) is 2.35. The Morgan fingerprint density at radius 1 is 1.65 bits per heavy atom. The van der Waals surface area contributed by atoms with Crippen LogP contribution in [0.4, 0.5) is 10.1 Å². The number of hydrogen-bond acceptors (Lipinski definition) is 3. The maximum atomic E-state index is 13.0. The van der Waals surface area contributed by atoms with Crippen molar-refractivity contribution in [2.45, 2.75) is 6.92 Å². The van der Waals surface area contributed by atoms with Crippen molar-refractivity contribution in [3.05, 3.63) is 30.1 Å². The van der Waals surface area contributed by atoms with Crippen molar-refractivity contribution >= 4 is 11.7 Å². The lowest BCUT2D eigenvalue weighted by Gasteiger charge is -2.23. The third-order valence-electron chi connectivity index (χ3n) is 2.35. The molecule has 1 atom stereocenters. The zero-order chi connectivity index (χ0) is 12.8. The third kappa shape index (κ3) is 3.76. The van der Waals surface area contributed by atoms with Crippen molar-refractivity contribution in [3.63, 3.8) is 0 Å². The van der Waals surface area contributed by atoms with Crippen LogP contribution in [0.15, 0.2) is 24.3 Å². The average Bonchev–Trinajstić information content (AvgIpc) is 2.28. The van der Waals surface area contributed by atoms with E-state index in [9.17, 15) is 9.18 Å². The summed E-state index contributed by atoms with van der Waals surface area (Å²) in [5.41, 5.74) is 0.514. The smallest absolute Gasteiger partial charge is 0.308 e. The first-order valence-corrected chi connectivity index (χ1v) is 5.15. The van der Waals surface area contributed by atoms with Gasteiger partial charge in [-0.25, -0.2) is 4.39 Å². The first-order valence-electron chi connectivity index (χ1n) is 5.15. The summed E-state index contributed by atoms with van der Waals surface area (Å²) < 4.78 is 13.0. The normalized spacial score (nSPS) is 11.6. The summed E-state index contributed by atoms with van der Waals surface area (Å²) in [6, 6.07) is 7.70. The molecular formula is C12H13FN2O2. The van der Waals surface area contributed by atoms with Gasteiger partial charge >= 0.3 is 5.97 Å². The summed E-state index contributed by atoms with van der Waals surface area (Å²) in [5, 5.41) is 17.5. The van der Waals surface area contributed by atoms with E-state index in [2.05, 4.69) is 0 Å². The van der Waals surface area contributed by atoms with Crippen LogP contribution in [0, 0.1) is 23.1 Å². The average molecular weight is 236 g/mol. The lowest BCUT2D eigenvalue weighted by atomic mass is 10.1. The molecule has 0 aliphatic heterocycles. The molecule has 90 valence electrons. The predicted octanol–water partition coefficient (Wildman–Crippen LogP) is 1.88. The highest BCUT2D eigenvalue weighted by molar-refractivity contribution is 5.70. The van der Waals surface area contributed by atoms with E-state index in [1.807, 2.05) is 6.07 Å². The first kappa shape index (κ1) is 13.0. The van der Waals surface area contributed by atoms with E-state index >= 15 is 0 Å². The molecule has 0 saturated heterocycles. The minimum atomic E-state index is -0.940. The van der Waals surface area contributed by atoms with Gasteiger partial charge in [0.2, 0.25) is 0 Å². The summed E-state index contributed by atoms with van der Waals surface area (Å²) in [7, 11) is 0. The predicted molar refractivity (Wildman–Crippen MR) is 61.0 cm³/mol. The van der Waals surface area contributed by atoms with E-state index in [4.69, 9.17) is 10.4 Å². The zero-order valence-electron chi connectivity index (χ0n) is 9.43. The second-order valence-electron chi connectivity index (χ2n) is 3.76. The van der Waals surface area contributed by atoms with Crippen molar-refractivity contribution in [1.29, 1.82) is 5.26 Å². The first-order chi connectivity index (χ1) is 8.04. The lowest BCUT2D eigenvalue weighted by Crippen LogP contribution is -2.32. The molecule has 0 aliphatic carbocycles. The largest absolute Gasteiger partial charge is 0.481 e. The van der Waals surface area contributed by atoms with E-state index in [-0.39, 0.29) is 13.1 Å². The fourth-order valence-corrected chi connectivity index (χ4v) is 1.43. The van der Waals surface area contributed by atoms with E-state index < -0.39 is 17.7 Å². The van der Waals surface area contributed by atoms with Gasteiger partial charge in [0.25, 0.3) is 0 Å². The van der Waals surface area contributed by atoms with Gasteiger partial charge in [-0.1, -0.05) is 13.0 Å². The Hall–Kier alpha value is -2.09. The van der Waals surface area contributed by atoms with Crippen LogP contribution < -0.4 is 4.90 Å². The highest BCUT2D eigenvalue weighted by atomic mass is 19.1. The van der Waals surface area contributed by atoms with Crippen LogP contribution in [0.25, 0.3) is 0 Å². The quantitative estimate of drug-likeness (QED) is 0.793. The molecule has 0 bridgehead atoms. The van der Waals surface area contributed by atoms with Gasteiger partial charge in [0.15, 0.2) is 0 Å². The van der Waals surface area contributed by atoms with Crippen molar-refractivity contribution < 1.29 is 14.3 Å². The van der Waals surface area contributed by atoms with Crippen LogP contribution in [0.1, 0.15) is 6.92 Å². The number of benzene rings is 1. The van der Waals surface area contributed by atoms with Crippen LogP contribution in [-0.4, -0.2) is 24.2 Å². The Labute approximate surface area is 98.9 Å². The maximum absolute atomic E-state index is 13.0. The molecule has 0 saturated carbocycles. The van der Waals surface area contributed by atoms with Gasteiger partial charge < -0.3 is 10.0 Å². The molecule has 0 aromatic heterocycles. The number of rotatable bonds is 5. The molecule has 1 N–H and O–H groups in total. The SMILES string of the molecule is CC(CN(CC#N)c1cccc(F)c1)C(=O)O. The van der Waals surface area contributed by atoms with Gasteiger partial charge in [0.1, 0.15) is 12.4 Å². The van der Waals surface area contributed by atoms with Gasteiger partial charge in [-0.3, -0.25) is 4.79 Å². The Morgan fingerprint density at radius 2 is 2.35 bits per heavy atom. The molecule has 1 aromatic carbocycles. The number of hydrogen-bond donors (Lipinski definition) is 1. The molecule has 0 radical (unpaired) electrons. The number of anilines is 1. The molecule has 5 heteroatoms. The second kappa shape index (κ2) is 5.85. The molecule has 0 fully saturated rings. The Morgan fingerprint density at radius 3 is 2.88 bits per heavy atom. The number of carboxylic acid groups (broad SMARTS) is 1. The molecule has 0 amide bonds. The van der Waals surface area contributed by atoms with Crippen LogP contribution in [0.2, 0.25) is 0 Å². The Kier molecular flexibility index (Phi) is 4.46. The number of carbonyl (C=O) groups is 1. The highest BCUT2D eigenvalue weighted by Gasteiger charge is 2.16. The molecule has 1 aromatic rings. The molecule has 4 nitrogen and oxygen atoms in total. The number of nitrogens with zero attached hydrogens (tertiary/aromatic N) is 2. The molecule has 1 unspecified atom stereocenters.